The molecule has 1 rings (SSSR count). The van der Waals surface area contributed by atoms with Gasteiger partial charge in [-0.1, -0.05) is 23.3 Å². The summed E-state index contributed by atoms with van der Waals surface area (Å²) in [6, 6.07) is 0. The predicted molar refractivity (Wildman–Crippen MR) is 53.2 cm³/mol. The van der Waals surface area contributed by atoms with Crippen molar-refractivity contribution in [2.24, 2.45) is 0 Å². The summed E-state index contributed by atoms with van der Waals surface area (Å²) in [6.45, 7) is 2.81. The summed E-state index contributed by atoms with van der Waals surface area (Å²) in [6.07, 6.45) is 2.06. The fraction of sp³-hybridized carbons (Fsp3) is 0.571. The van der Waals surface area contributed by atoms with Crippen LogP contribution in [0.1, 0.15) is 19.8 Å². The number of nitrogens with zero attached hydrogens (tertiary/aromatic N) is 3. The Hall–Kier alpha value is -1.79. The summed E-state index contributed by atoms with van der Waals surface area (Å²) in [4.78, 5) is 7.46. The van der Waals surface area contributed by atoms with E-state index in [0.717, 1.165) is 19.4 Å². The zero-order valence-corrected chi connectivity index (χ0v) is 8.03. The van der Waals surface area contributed by atoms with Crippen LogP contribution in [-0.4, -0.2) is 16.5 Å². The Bertz CT molecular complexity index is 292. The lowest BCUT2D eigenvalue weighted by Crippen LogP contribution is -2.37. The highest BCUT2D eigenvalue weighted by molar-refractivity contribution is 5.31. The third-order valence-electron chi connectivity index (χ3n) is 1.67. The molecule has 0 saturated carbocycles. The predicted octanol–water partition coefficient (Wildman–Crippen LogP) is -0.514. The first-order valence-corrected chi connectivity index (χ1v) is 4.41. The lowest BCUT2D eigenvalue weighted by Gasteiger charge is -2.08. The Kier molecular flexibility index (Phi) is 3.27. The van der Waals surface area contributed by atoms with Gasteiger partial charge < -0.3 is 22.0 Å². The van der Waals surface area contributed by atoms with E-state index >= 15 is 0 Å². The van der Waals surface area contributed by atoms with Gasteiger partial charge in [0.2, 0.25) is 0 Å². The number of hydrogen-bond donors (Lipinski definition) is 3. The maximum Gasteiger partial charge on any atom is 0.321 e. The molecule has 0 amide bonds. The number of nitrogens with two attached hydrogens (primary N) is 2. The van der Waals surface area contributed by atoms with Gasteiger partial charge in [0.15, 0.2) is 0 Å². The van der Waals surface area contributed by atoms with Gasteiger partial charge in [0.1, 0.15) is 0 Å². The molecule has 1 heterocycles. The van der Waals surface area contributed by atoms with Gasteiger partial charge >= 0.3 is 17.8 Å². The van der Waals surface area contributed by atoms with Crippen molar-refractivity contribution >= 4 is 17.8 Å². The van der Waals surface area contributed by atoms with Gasteiger partial charge in [0.25, 0.3) is 0 Å². The summed E-state index contributed by atoms with van der Waals surface area (Å²) >= 11 is 0. The second kappa shape index (κ2) is 4.45. The highest BCUT2D eigenvalue weighted by Gasteiger charge is 2.08. The SMILES string of the molecule is CCCCNc1nc(N)[n+]([O-])c(N)n1. The van der Waals surface area contributed by atoms with E-state index in [1.54, 1.807) is 0 Å². The maximum atomic E-state index is 11.0. The van der Waals surface area contributed by atoms with Crippen LogP contribution in [-0.2, 0) is 0 Å². The average Bonchev–Trinajstić information content (AvgIpc) is 2.14. The van der Waals surface area contributed by atoms with E-state index in [4.69, 9.17) is 11.5 Å². The van der Waals surface area contributed by atoms with Gasteiger partial charge in [0, 0.05) is 6.54 Å². The highest BCUT2D eigenvalue weighted by Crippen LogP contribution is 2.01. The van der Waals surface area contributed by atoms with E-state index < -0.39 is 0 Å². The Morgan fingerprint density at radius 3 is 2.43 bits per heavy atom. The molecular weight excluding hydrogens is 184 g/mol. The minimum atomic E-state index is -0.198. The lowest BCUT2D eigenvalue weighted by atomic mass is 10.3. The molecular formula is C7H14N6O. The number of unbranched alkanes of at least 4 members (excludes halogenated alkanes) is 1. The minimum Gasteiger partial charge on any atom is -0.762 e. The summed E-state index contributed by atoms with van der Waals surface area (Å²) in [5, 5.41) is 13.9. The molecule has 14 heavy (non-hydrogen) atoms. The zero-order chi connectivity index (χ0) is 10.6. The van der Waals surface area contributed by atoms with Gasteiger partial charge in [-0.15, -0.1) is 0 Å². The molecule has 0 aliphatic carbocycles. The minimum absolute atomic E-state index is 0.198. The molecule has 0 bridgehead atoms. The summed E-state index contributed by atoms with van der Waals surface area (Å²) < 4.78 is 0.283. The molecule has 0 atom stereocenters. The molecule has 1 aromatic rings. The molecule has 1 aromatic heterocycles. The molecule has 0 unspecified atom stereocenters. The molecule has 0 aliphatic heterocycles. The van der Waals surface area contributed by atoms with Crippen molar-refractivity contribution in [3.63, 3.8) is 0 Å². The number of nitrogen functional groups attached to an aromatic ring is 2. The number of nitrogens with one attached hydrogen (secondary N) is 1. The van der Waals surface area contributed by atoms with Crippen molar-refractivity contribution in [2.45, 2.75) is 19.8 Å². The first-order valence-electron chi connectivity index (χ1n) is 4.41. The molecule has 0 aliphatic rings. The van der Waals surface area contributed by atoms with Gasteiger partial charge in [-0.05, 0) is 6.42 Å². The van der Waals surface area contributed by atoms with Crippen molar-refractivity contribution in [1.29, 1.82) is 0 Å². The van der Waals surface area contributed by atoms with E-state index in [9.17, 15) is 5.21 Å². The Balaban J connectivity index is 2.69. The first-order chi connectivity index (χ1) is 6.65. The van der Waals surface area contributed by atoms with Crippen LogP contribution in [0.4, 0.5) is 17.8 Å². The quantitative estimate of drug-likeness (QED) is 0.340. The van der Waals surface area contributed by atoms with Crippen LogP contribution in [0.25, 0.3) is 0 Å². The van der Waals surface area contributed by atoms with E-state index in [-0.39, 0.29) is 16.6 Å². The van der Waals surface area contributed by atoms with Crippen LogP contribution >= 0.6 is 0 Å². The fourth-order valence-electron chi connectivity index (χ4n) is 0.906. The number of aromatic nitrogens is 3. The van der Waals surface area contributed by atoms with Crippen LogP contribution in [0.15, 0.2) is 0 Å². The number of rotatable bonds is 4. The molecule has 7 nitrogen and oxygen atoms in total. The Labute approximate surface area is 81.7 Å². The molecule has 0 spiro atoms. The Morgan fingerprint density at radius 2 is 1.93 bits per heavy atom. The van der Waals surface area contributed by atoms with Crippen LogP contribution in [0.5, 0.6) is 0 Å². The van der Waals surface area contributed by atoms with E-state index in [2.05, 4.69) is 22.2 Å². The van der Waals surface area contributed by atoms with Crippen molar-refractivity contribution in [3.8, 4) is 0 Å². The van der Waals surface area contributed by atoms with Crippen molar-refractivity contribution in [2.75, 3.05) is 23.3 Å². The van der Waals surface area contributed by atoms with Gasteiger partial charge in [-0.3, -0.25) is 0 Å². The maximum absolute atomic E-state index is 11.0. The largest absolute Gasteiger partial charge is 0.762 e. The van der Waals surface area contributed by atoms with Gasteiger partial charge in [-0.2, -0.15) is 0 Å². The third-order valence-corrected chi connectivity index (χ3v) is 1.67. The van der Waals surface area contributed by atoms with Crippen molar-refractivity contribution in [1.82, 2.24) is 9.97 Å². The highest BCUT2D eigenvalue weighted by atomic mass is 16.5. The first kappa shape index (κ1) is 10.3. The molecule has 0 radical (unpaired) electrons. The molecule has 0 saturated heterocycles. The van der Waals surface area contributed by atoms with E-state index in [0.29, 0.717) is 5.95 Å². The van der Waals surface area contributed by atoms with E-state index in [1.165, 1.54) is 0 Å². The second-order valence-electron chi connectivity index (χ2n) is 2.84. The molecule has 78 valence electrons. The van der Waals surface area contributed by atoms with Crippen LogP contribution in [0, 0.1) is 5.21 Å². The molecule has 5 N–H and O–H groups in total. The molecule has 0 aromatic carbocycles. The monoisotopic (exact) mass is 198 g/mol. The topological polar surface area (TPSA) is 117 Å². The Morgan fingerprint density at radius 1 is 1.36 bits per heavy atom. The van der Waals surface area contributed by atoms with Crippen LogP contribution < -0.4 is 21.5 Å². The molecule has 0 fully saturated rings. The van der Waals surface area contributed by atoms with Crippen molar-refractivity contribution in [3.05, 3.63) is 5.21 Å². The normalized spacial score (nSPS) is 10.1. The van der Waals surface area contributed by atoms with E-state index in [1.807, 2.05) is 0 Å². The summed E-state index contributed by atoms with van der Waals surface area (Å²) in [7, 11) is 0. The summed E-state index contributed by atoms with van der Waals surface area (Å²) in [5.41, 5.74) is 10.6. The number of anilines is 3. The standard InChI is InChI=1S/C7H14N6O/c1-2-3-4-10-7-11-5(8)13(14)6(9)12-7/h2-4H2,1H3,(H5,8,9,10,11,12). The van der Waals surface area contributed by atoms with Crippen molar-refractivity contribution < 1.29 is 4.73 Å². The number of hydrogen-bond acceptors (Lipinski definition) is 6. The van der Waals surface area contributed by atoms with Crippen LogP contribution in [0.3, 0.4) is 0 Å². The molecule has 7 heteroatoms. The second-order valence-corrected chi connectivity index (χ2v) is 2.84. The fourth-order valence-corrected chi connectivity index (χ4v) is 0.906. The third kappa shape index (κ3) is 2.35. The zero-order valence-electron chi connectivity index (χ0n) is 8.03. The van der Waals surface area contributed by atoms with Crippen LogP contribution in [0.2, 0.25) is 0 Å². The van der Waals surface area contributed by atoms with Gasteiger partial charge in [0.05, 0.1) is 0 Å². The summed E-state index contributed by atoms with van der Waals surface area (Å²) in [5.74, 6) is -0.103. The van der Waals surface area contributed by atoms with Gasteiger partial charge in [-0.25, -0.2) is 4.73 Å². The average molecular weight is 198 g/mol. The smallest absolute Gasteiger partial charge is 0.321 e. The lowest BCUT2D eigenvalue weighted by molar-refractivity contribution is -0.579.